The Labute approximate surface area is 112 Å². The summed E-state index contributed by atoms with van der Waals surface area (Å²) in [7, 11) is 0. The number of hydrogen-bond acceptors (Lipinski definition) is 3. The van der Waals surface area contributed by atoms with Crippen molar-refractivity contribution in [3.8, 4) is 6.07 Å². The van der Waals surface area contributed by atoms with Crippen LogP contribution in [0, 0.1) is 11.3 Å². The molecule has 0 aromatic heterocycles. The van der Waals surface area contributed by atoms with Crippen LogP contribution in [0.5, 0.6) is 0 Å². The number of anilines is 1. The highest BCUT2D eigenvalue weighted by atomic mass is 32.2. The predicted octanol–water partition coefficient (Wildman–Crippen LogP) is 2.83. The Morgan fingerprint density at radius 3 is 2.83 bits per heavy atom. The molecule has 1 heterocycles. The summed E-state index contributed by atoms with van der Waals surface area (Å²) < 4.78 is 0. The fraction of sp³-hybridized carbons (Fsp3) is 0.429. The first-order chi connectivity index (χ1) is 8.83. The number of nitrogens with zero attached hydrogens (tertiary/aromatic N) is 2. The van der Waals surface area contributed by atoms with Crippen LogP contribution in [0.1, 0.15) is 19.3 Å². The Balaban J connectivity index is 2.14. The zero-order chi connectivity index (χ0) is 12.8. The molecule has 1 aliphatic rings. The second-order valence-electron chi connectivity index (χ2n) is 4.24. The number of carbonyl (C=O) groups is 1. The van der Waals surface area contributed by atoms with Crippen LogP contribution in [0.2, 0.25) is 0 Å². The van der Waals surface area contributed by atoms with Crippen molar-refractivity contribution in [3.05, 3.63) is 30.3 Å². The molecule has 1 atom stereocenters. The molecule has 0 saturated carbocycles. The summed E-state index contributed by atoms with van der Waals surface area (Å²) in [6.07, 6.45) is 2.44. The molecule has 1 aromatic rings. The molecule has 4 heteroatoms. The standard InChI is InChI=1S/C14H16N2OS/c15-9-5-10-16(12-6-2-1-3-7-12)14(17)13-8-4-11-18-13/h1-3,6-7,13H,4-5,8,10-11H2. The molecule has 0 radical (unpaired) electrons. The highest BCUT2D eigenvalue weighted by molar-refractivity contribution is 8.00. The number of para-hydroxylation sites is 1. The summed E-state index contributed by atoms with van der Waals surface area (Å²) in [6.45, 7) is 0.483. The molecule has 18 heavy (non-hydrogen) atoms. The van der Waals surface area contributed by atoms with Gasteiger partial charge in [-0.05, 0) is 30.7 Å². The third-order valence-corrected chi connectivity index (χ3v) is 4.35. The molecule has 94 valence electrons. The molecular weight excluding hydrogens is 244 g/mol. The van der Waals surface area contributed by atoms with Gasteiger partial charge in [-0.25, -0.2) is 0 Å². The van der Waals surface area contributed by atoms with E-state index in [1.807, 2.05) is 30.3 Å². The number of amides is 1. The van der Waals surface area contributed by atoms with Crippen molar-refractivity contribution >= 4 is 23.4 Å². The summed E-state index contributed by atoms with van der Waals surface area (Å²) in [5, 5.41) is 8.79. The first kappa shape index (κ1) is 13.0. The van der Waals surface area contributed by atoms with Crippen molar-refractivity contribution in [1.29, 1.82) is 5.26 Å². The first-order valence-electron chi connectivity index (χ1n) is 6.18. The topological polar surface area (TPSA) is 44.1 Å². The lowest BCUT2D eigenvalue weighted by atomic mass is 10.2. The SMILES string of the molecule is N#CCCN(C(=O)C1CCCS1)c1ccccc1. The average molecular weight is 260 g/mol. The van der Waals surface area contributed by atoms with Gasteiger partial charge in [0, 0.05) is 12.2 Å². The molecule has 1 aliphatic heterocycles. The molecule has 1 aromatic carbocycles. The Morgan fingerprint density at radius 1 is 1.44 bits per heavy atom. The van der Waals surface area contributed by atoms with Gasteiger partial charge in [0.15, 0.2) is 0 Å². The van der Waals surface area contributed by atoms with Gasteiger partial charge in [-0.3, -0.25) is 4.79 Å². The minimum Gasteiger partial charge on any atom is -0.310 e. The highest BCUT2D eigenvalue weighted by Crippen LogP contribution is 2.29. The number of hydrogen-bond donors (Lipinski definition) is 0. The van der Waals surface area contributed by atoms with Crippen LogP contribution in [0.3, 0.4) is 0 Å². The molecule has 1 amide bonds. The van der Waals surface area contributed by atoms with Crippen LogP contribution in [0.15, 0.2) is 30.3 Å². The number of benzene rings is 1. The smallest absolute Gasteiger partial charge is 0.240 e. The minimum atomic E-state index is 0.0731. The highest BCUT2D eigenvalue weighted by Gasteiger charge is 2.28. The predicted molar refractivity (Wildman–Crippen MR) is 74.5 cm³/mol. The summed E-state index contributed by atoms with van der Waals surface area (Å²) in [5.41, 5.74) is 0.894. The minimum absolute atomic E-state index is 0.0731. The van der Waals surface area contributed by atoms with Gasteiger partial charge in [0.2, 0.25) is 5.91 Å². The zero-order valence-corrected chi connectivity index (χ0v) is 11.0. The molecule has 0 spiro atoms. The van der Waals surface area contributed by atoms with E-state index in [0.29, 0.717) is 13.0 Å². The normalized spacial score (nSPS) is 18.3. The largest absolute Gasteiger partial charge is 0.310 e. The Morgan fingerprint density at radius 2 is 2.22 bits per heavy atom. The van der Waals surface area contributed by atoms with Gasteiger partial charge in [-0.2, -0.15) is 5.26 Å². The van der Waals surface area contributed by atoms with E-state index in [1.54, 1.807) is 16.7 Å². The number of carbonyl (C=O) groups excluding carboxylic acids is 1. The fourth-order valence-electron chi connectivity index (χ4n) is 2.08. The van der Waals surface area contributed by atoms with Crippen LogP contribution in [0.25, 0.3) is 0 Å². The van der Waals surface area contributed by atoms with E-state index in [2.05, 4.69) is 6.07 Å². The lowest BCUT2D eigenvalue weighted by molar-refractivity contribution is -0.118. The number of rotatable bonds is 4. The molecule has 2 rings (SSSR count). The molecule has 3 nitrogen and oxygen atoms in total. The molecule has 0 N–H and O–H groups in total. The van der Waals surface area contributed by atoms with E-state index in [9.17, 15) is 4.79 Å². The van der Waals surface area contributed by atoms with Gasteiger partial charge in [0.05, 0.1) is 17.7 Å². The molecule has 1 unspecified atom stereocenters. The van der Waals surface area contributed by atoms with Crippen LogP contribution in [-0.4, -0.2) is 23.5 Å². The Bertz CT molecular complexity index is 435. The van der Waals surface area contributed by atoms with Crippen LogP contribution in [-0.2, 0) is 4.79 Å². The maximum atomic E-state index is 12.4. The van der Waals surface area contributed by atoms with E-state index in [1.165, 1.54) is 0 Å². The maximum absolute atomic E-state index is 12.4. The Hall–Kier alpha value is -1.47. The van der Waals surface area contributed by atoms with Crippen molar-refractivity contribution in [1.82, 2.24) is 0 Å². The van der Waals surface area contributed by atoms with Crippen molar-refractivity contribution < 1.29 is 4.79 Å². The lowest BCUT2D eigenvalue weighted by Gasteiger charge is -2.24. The van der Waals surface area contributed by atoms with E-state index in [-0.39, 0.29) is 11.2 Å². The van der Waals surface area contributed by atoms with E-state index in [0.717, 1.165) is 24.3 Å². The van der Waals surface area contributed by atoms with Crippen LogP contribution < -0.4 is 4.90 Å². The summed E-state index contributed by atoms with van der Waals surface area (Å²) in [4.78, 5) is 14.2. The fourth-order valence-corrected chi connectivity index (χ4v) is 3.30. The van der Waals surface area contributed by atoms with Crippen molar-refractivity contribution in [2.45, 2.75) is 24.5 Å². The number of nitriles is 1. The van der Waals surface area contributed by atoms with Crippen molar-refractivity contribution in [2.75, 3.05) is 17.2 Å². The Kier molecular flexibility index (Phi) is 4.66. The monoisotopic (exact) mass is 260 g/mol. The first-order valence-corrected chi connectivity index (χ1v) is 7.23. The molecule has 0 bridgehead atoms. The maximum Gasteiger partial charge on any atom is 0.240 e. The molecule has 1 fully saturated rings. The van der Waals surface area contributed by atoms with Gasteiger partial charge >= 0.3 is 0 Å². The zero-order valence-electron chi connectivity index (χ0n) is 10.2. The van der Waals surface area contributed by atoms with Crippen molar-refractivity contribution in [2.24, 2.45) is 0 Å². The lowest BCUT2D eigenvalue weighted by Crippen LogP contribution is -2.37. The molecular formula is C14H16N2OS. The van der Waals surface area contributed by atoms with Gasteiger partial charge in [-0.15, -0.1) is 11.8 Å². The van der Waals surface area contributed by atoms with E-state index >= 15 is 0 Å². The molecule has 1 saturated heterocycles. The summed E-state index contributed by atoms with van der Waals surface area (Å²) >= 11 is 1.73. The van der Waals surface area contributed by atoms with Crippen LogP contribution >= 0.6 is 11.8 Å². The molecule has 0 aliphatic carbocycles. The third-order valence-electron chi connectivity index (χ3n) is 2.99. The van der Waals surface area contributed by atoms with Gasteiger partial charge < -0.3 is 4.90 Å². The van der Waals surface area contributed by atoms with Gasteiger partial charge in [0.25, 0.3) is 0 Å². The summed E-state index contributed by atoms with van der Waals surface area (Å²) in [5.74, 6) is 1.22. The van der Waals surface area contributed by atoms with Gasteiger partial charge in [0.1, 0.15) is 0 Å². The van der Waals surface area contributed by atoms with Crippen LogP contribution in [0.4, 0.5) is 5.69 Å². The van der Waals surface area contributed by atoms with Crippen molar-refractivity contribution in [3.63, 3.8) is 0 Å². The second kappa shape index (κ2) is 6.46. The van der Waals surface area contributed by atoms with E-state index in [4.69, 9.17) is 5.26 Å². The quantitative estimate of drug-likeness (QED) is 0.836. The summed E-state index contributed by atoms with van der Waals surface area (Å²) in [6, 6.07) is 11.7. The average Bonchev–Trinajstić information content (AvgIpc) is 2.94. The number of thioether (sulfide) groups is 1. The van der Waals surface area contributed by atoms with Gasteiger partial charge in [-0.1, -0.05) is 18.2 Å². The van der Waals surface area contributed by atoms with E-state index < -0.39 is 0 Å². The second-order valence-corrected chi connectivity index (χ2v) is 5.55. The third kappa shape index (κ3) is 3.05.